The maximum atomic E-state index is 6.09. The van der Waals surface area contributed by atoms with Gasteiger partial charge in [-0.25, -0.2) is 0 Å². The first-order valence-electron chi connectivity index (χ1n) is 6.35. The van der Waals surface area contributed by atoms with Gasteiger partial charge in [0.25, 0.3) is 0 Å². The minimum absolute atomic E-state index is 0.308. The highest BCUT2D eigenvalue weighted by Crippen LogP contribution is 2.26. The van der Waals surface area contributed by atoms with Gasteiger partial charge in [0.2, 0.25) is 0 Å². The molecule has 0 aromatic heterocycles. The van der Waals surface area contributed by atoms with E-state index >= 15 is 0 Å². The van der Waals surface area contributed by atoms with Crippen molar-refractivity contribution in [2.24, 2.45) is 0 Å². The van der Waals surface area contributed by atoms with Gasteiger partial charge in [-0.3, -0.25) is 0 Å². The standard InChI is InChI=1S/C14H22N2O/c1-16(2)13-5-3-4-6-14(13)17-12-9-7-11(15)8-10-12/h7-10,13-14H,3-6,15H2,1-2H3. The molecule has 1 saturated carbocycles. The molecule has 1 aliphatic carbocycles. The number of hydrogen-bond donors (Lipinski definition) is 1. The lowest BCUT2D eigenvalue weighted by atomic mass is 9.91. The fourth-order valence-electron chi connectivity index (χ4n) is 2.53. The number of rotatable bonds is 3. The van der Waals surface area contributed by atoms with Gasteiger partial charge in [-0.1, -0.05) is 6.42 Å². The number of anilines is 1. The molecule has 2 unspecified atom stereocenters. The van der Waals surface area contributed by atoms with E-state index in [1.165, 1.54) is 19.3 Å². The molecule has 94 valence electrons. The van der Waals surface area contributed by atoms with Crippen molar-refractivity contribution >= 4 is 5.69 Å². The zero-order chi connectivity index (χ0) is 12.3. The summed E-state index contributed by atoms with van der Waals surface area (Å²) in [4.78, 5) is 2.28. The van der Waals surface area contributed by atoms with Crippen LogP contribution in [-0.2, 0) is 0 Å². The van der Waals surface area contributed by atoms with E-state index in [2.05, 4.69) is 19.0 Å². The predicted molar refractivity (Wildman–Crippen MR) is 71.2 cm³/mol. The molecule has 0 radical (unpaired) electrons. The van der Waals surface area contributed by atoms with Crippen molar-refractivity contribution < 1.29 is 4.74 Å². The van der Waals surface area contributed by atoms with Crippen LogP contribution in [0.5, 0.6) is 5.75 Å². The Morgan fingerprint density at radius 2 is 1.76 bits per heavy atom. The zero-order valence-corrected chi connectivity index (χ0v) is 10.7. The molecule has 0 amide bonds. The fraction of sp³-hybridized carbons (Fsp3) is 0.571. The largest absolute Gasteiger partial charge is 0.489 e. The fourth-order valence-corrected chi connectivity index (χ4v) is 2.53. The molecule has 2 N–H and O–H groups in total. The quantitative estimate of drug-likeness (QED) is 0.817. The molecule has 3 heteroatoms. The summed E-state index contributed by atoms with van der Waals surface area (Å²) in [6.45, 7) is 0. The van der Waals surface area contributed by atoms with Crippen LogP contribution in [0.3, 0.4) is 0 Å². The maximum absolute atomic E-state index is 6.09. The number of likely N-dealkylation sites (N-methyl/N-ethyl adjacent to an activating group) is 1. The first kappa shape index (κ1) is 12.2. The average molecular weight is 234 g/mol. The highest BCUT2D eigenvalue weighted by Gasteiger charge is 2.28. The van der Waals surface area contributed by atoms with Crippen LogP contribution >= 0.6 is 0 Å². The number of ether oxygens (including phenoxy) is 1. The van der Waals surface area contributed by atoms with Crippen LogP contribution in [0.4, 0.5) is 5.69 Å². The number of nitrogens with zero attached hydrogens (tertiary/aromatic N) is 1. The summed E-state index contributed by atoms with van der Waals surface area (Å²) < 4.78 is 6.09. The third kappa shape index (κ3) is 3.13. The number of nitrogens with two attached hydrogens (primary N) is 1. The SMILES string of the molecule is CN(C)C1CCCCC1Oc1ccc(N)cc1. The summed E-state index contributed by atoms with van der Waals surface area (Å²) in [5, 5.41) is 0. The summed E-state index contributed by atoms with van der Waals surface area (Å²) >= 11 is 0. The van der Waals surface area contributed by atoms with Crippen LogP contribution < -0.4 is 10.5 Å². The van der Waals surface area contributed by atoms with Crippen LogP contribution in [0.15, 0.2) is 24.3 Å². The summed E-state index contributed by atoms with van der Waals surface area (Å²) in [5.74, 6) is 0.929. The van der Waals surface area contributed by atoms with Gasteiger partial charge in [0.05, 0.1) is 0 Å². The first-order valence-corrected chi connectivity index (χ1v) is 6.35. The van der Waals surface area contributed by atoms with Crippen LogP contribution in [-0.4, -0.2) is 31.1 Å². The highest BCUT2D eigenvalue weighted by molar-refractivity contribution is 5.41. The molecular formula is C14H22N2O. The van der Waals surface area contributed by atoms with Gasteiger partial charge < -0.3 is 15.4 Å². The molecule has 1 aromatic rings. The van der Waals surface area contributed by atoms with Crippen molar-refractivity contribution in [1.29, 1.82) is 0 Å². The molecule has 0 spiro atoms. The van der Waals surface area contributed by atoms with Crippen LogP contribution in [0, 0.1) is 0 Å². The summed E-state index contributed by atoms with van der Waals surface area (Å²) in [6, 6.07) is 8.22. The van der Waals surface area contributed by atoms with E-state index in [-0.39, 0.29) is 0 Å². The minimum atomic E-state index is 0.308. The van der Waals surface area contributed by atoms with Gasteiger partial charge in [0.1, 0.15) is 11.9 Å². The Balaban J connectivity index is 2.02. The van der Waals surface area contributed by atoms with Crippen molar-refractivity contribution in [3.8, 4) is 5.75 Å². The Morgan fingerprint density at radius 3 is 2.41 bits per heavy atom. The van der Waals surface area contributed by atoms with E-state index in [0.717, 1.165) is 17.9 Å². The Morgan fingerprint density at radius 1 is 1.12 bits per heavy atom. The molecule has 0 saturated heterocycles. The monoisotopic (exact) mass is 234 g/mol. The molecular weight excluding hydrogens is 212 g/mol. The number of nitrogen functional groups attached to an aromatic ring is 1. The molecule has 2 atom stereocenters. The van der Waals surface area contributed by atoms with Gasteiger partial charge in [0, 0.05) is 11.7 Å². The van der Waals surface area contributed by atoms with E-state index in [1.54, 1.807) is 0 Å². The molecule has 3 nitrogen and oxygen atoms in total. The van der Waals surface area contributed by atoms with E-state index < -0.39 is 0 Å². The molecule has 1 fully saturated rings. The Labute approximate surface area is 104 Å². The Bertz CT molecular complexity index is 348. The lowest BCUT2D eigenvalue weighted by molar-refractivity contribution is 0.0623. The van der Waals surface area contributed by atoms with Crippen molar-refractivity contribution in [3.63, 3.8) is 0 Å². The lowest BCUT2D eigenvalue weighted by Gasteiger charge is -2.36. The second kappa shape index (κ2) is 5.41. The van der Waals surface area contributed by atoms with Crippen molar-refractivity contribution in [1.82, 2.24) is 4.90 Å². The van der Waals surface area contributed by atoms with E-state index in [0.29, 0.717) is 12.1 Å². The van der Waals surface area contributed by atoms with Crippen LogP contribution in [0.1, 0.15) is 25.7 Å². The molecule has 1 aliphatic rings. The van der Waals surface area contributed by atoms with Crippen molar-refractivity contribution in [2.45, 2.75) is 37.8 Å². The third-order valence-corrected chi connectivity index (χ3v) is 3.50. The maximum Gasteiger partial charge on any atom is 0.119 e. The molecule has 0 aliphatic heterocycles. The highest BCUT2D eigenvalue weighted by atomic mass is 16.5. The van der Waals surface area contributed by atoms with E-state index in [1.807, 2.05) is 24.3 Å². The average Bonchev–Trinajstić information content (AvgIpc) is 2.32. The molecule has 17 heavy (non-hydrogen) atoms. The van der Waals surface area contributed by atoms with Gasteiger partial charge in [-0.2, -0.15) is 0 Å². The van der Waals surface area contributed by atoms with Gasteiger partial charge in [-0.15, -0.1) is 0 Å². The molecule has 2 rings (SSSR count). The predicted octanol–water partition coefficient (Wildman–Crippen LogP) is 2.52. The second-order valence-electron chi connectivity index (χ2n) is 5.04. The topological polar surface area (TPSA) is 38.5 Å². The van der Waals surface area contributed by atoms with Gasteiger partial charge in [-0.05, 0) is 57.6 Å². The van der Waals surface area contributed by atoms with Crippen molar-refractivity contribution in [3.05, 3.63) is 24.3 Å². The van der Waals surface area contributed by atoms with E-state index in [4.69, 9.17) is 10.5 Å². The summed E-state index contributed by atoms with van der Waals surface area (Å²) in [5.41, 5.74) is 6.45. The van der Waals surface area contributed by atoms with Gasteiger partial charge in [0.15, 0.2) is 0 Å². The summed E-state index contributed by atoms with van der Waals surface area (Å²) in [7, 11) is 4.27. The zero-order valence-electron chi connectivity index (χ0n) is 10.7. The Hall–Kier alpha value is -1.22. The Kier molecular flexibility index (Phi) is 3.89. The minimum Gasteiger partial charge on any atom is -0.489 e. The van der Waals surface area contributed by atoms with E-state index in [9.17, 15) is 0 Å². The second-order valence-corrected chi connectivity index (χ2v) is 5.04. The van der Waals surface area contributed by atoms with Crippen LogP contribution in [0.2, 0.25) is 0 Å². The first-order chi connectivity index (χ1) is 8.16. The summed E-state index contributed by atoms with van der Waals surface area (Å²) in [6.07, 6.45) is 5.26. The molecule has 0 heterocycles. The number of hydrogen-bond acceptors (Lipinski definition) is 3. The van der Waals surface area contributed by atoms with Crippen molar-refractivity contribution in [2.75, 3.05) is 19.8 Å². The van der Waals surface area contributed by atoms with Crippen LogP contribution in [0.25, 0.3) is 0 Å². The number of benzene rings is 1. The third-order valence-electron chi connectivity index (χ3n) is 3.50. The molecule has 0 bridgehead atoms. The van der Waals surface area contributed by atoms with Gasteiger partial charge >= 0.3 is 0 Å². The molecule has 1 aromatic carbocycles. The normalized spacial score (nSPS) is 24.9. The lowest BCUT2D eigenvalue weighted by Crippen LogP contribution is -2.44. The smallest absolute Gasteiger partial charge is 0.119 e.